The second kappa shape index (κ2) is 10.2. The Morgan fingerprint density at radius 3 is 2.44 bits per heavy atom. The lowest BCUT2D eigenvalue weighted by Gasteiger charge is -2.39. The number of methoxy groups -OCH3 is 1. The number of anilines is 1. The molecule has 1 saturated heterocycles. The van der Waals surface area contributed by atoms with Crippen molar-refractivity contribution in [3.63, 3.8) is 0 Å². The molecule has 166 valence electrons. The fraction of sp³-hybridized carbons (Fsp3) is 0.296. The highest BCUT2D eigenvalue weighted by Gasteiger charge is 2.30. The molecule has 1 aliphatic heterocycles. The summed E-state index contributed by atoms with van der Waals surface area (Å²) in [6, 6.07) is 23.7. The van der Waals surface area contributed by atoms with E-state index in [1.165, 1.54) is 0 Å². The summed E-state index contributed by atoms with van der Waals surface area (Å²) in [5.41, 5.74) is 3.87. The standard InChI is InChI=1S/C27H29ClN2O2/c1-20-10-12-21(13-11-20)27(31)30(24-7-5-8-25(18-24)32-2)23-14-16-29(17-15-23)19-22-6-3-4-9-26(22)28/h3-13,18,23H,14-17,19H2,1-2H3. The molecule has 0 saturated carbocycles. The third kappa shape index (κ3) is 5.14. The lowest BCUT2D eigenvalue weighted by molar-refractivity contribution is 0.0958. The number of carbonyl (C=O) groups is 1. The van der Waals surface area contributed by atoms with Crippen LogP contribution in [-0.2, 0) is 6.54 Å². The zero-order valence-electron chi connectivity index (χ0n) is 18.6. The summed E-state index contributed by atoms with van der Waals surface area (Å²) in [6.07, 6.45) is 1.80. The monoisotopic (exact) mass is 448 g/mol. The molecule has 0 aliphatic carbocycles. The Labute approximate surface area is 195 Å². The van der Waals surface area contributed by atoms with Crippen molar-refractivity contribution >= 4 is 23.2 Å². The van der Waals surface area contributed by atoms with Gasteiger partial charge in [-0.05, 0) is 55.7 Å². The predicted octanol–water partition coefficient (Wildman–Crippen LogP) is 5.97. The molecule has 4 rings (SSSR count). The summed E-state index contributed by atoms with van der Waals surface area (Å²) >= 11 is 6.36. The maximum atomic E-state index is 13.6. The average Bonchev–Trinajstić information content (AvgIpc) is 2.82. The largest absolute Gasteiger partial charge is 0.497 e. The van der Waals surface area contributed by atoms with Gasteiger partial charge in [0, 0.05) is 48.0 Å². The summed E-state index contributed by atoms with van der Waals surface area (Å²) in [7, 11) is 1.65. The molecule has 1 heterocycles. The van der Waals surface area contributed by atoms with Crippen molar-refractivity contribution in [3.05, 3.63) is 94.5 Å². The first-order valence-electron chi connectivity index (χ1n) is 11.0. The molecule has 3 aromatic rings. The summed E-state index contributed by atoms with van der Waals surface area (Å²) in [5, 5.41) is 0.808. The minimum absolute atomic E-state index is 0.0304. The predicted molar refractivity (Wildman–Crippen MR) is 131 cm³/mol. The van der Waals surface area contributed by atoms with Gasteiger partial charge in [-0.3, -0.25) is 9.69 Å². The van der Waals surface area contributed by atoms with Crippen molar-refractivity contribution in [1.29, 1.82) is 0 Å². The number of nitrogens with zero attached hydrogens (tertiary/aromatic N) is 2. The molecule has 0 atom stereocenters. The van der Waals surface area contributed by atoms with Crippen LogP contribution in [0.1, 0.15) is 34.3 Å². The third-order valence-corrected chi connectivity index (χ3v) is 6.49. The van der Waals surface area contributed by atoms with Gasteiger partial charge in [-0.25, -0.2) is 0 Å². The molecule has 0 bridgehead atoms. The van der Waals surface area contributed by atoms with Crippen LogP contribution >= 0.6 is 11.6 Å². The second-order valence-corrected chi connectivity index (χ2v) is 8.75. The normalized spacial score (nSPS) is 14.8. The Bertz CT molecular complexity index is 1060. The molecule has 32 heavy (non-hydrogen) atoms. The topological polar surface area (TPSA) is 32.8 Å². The SMILES string of the molecule is COc1cccc(N(C(=O)c2ccc(C)cc2)C2CCN(Cc3ccccc3Cl)CC2)c1. The van der Waals surface area contributed by atoms with Crippen molar-refractivity contribution in [2.45, 2.75) is 32.4 Å². The van der Waals surface area contributed by atoms with E-state index >= 15 is 0 Å². The number of rotatable bonds is 6. The summed E-state index contributed by atoms with van der Waals surface area (Å²) in [6.45, 7) is 4.69. The van der Waals surface area contributed by atoms with Gasteiger partial charge in [0.05, 0.1) is 7.11 Å². The maximum Gasteiger partial charge on any atom is 0.258 e. The summed E-state index contributed by atoms with van der Waals surface area (Å²) in [4.78, 5) is 18.0. The Morgan fingerprint density at radius 1 is 1.03 bits per heavy atom. The van der Waals surface area contributed by atoms with Crippen LogP contribution < -0.4 is 9.64 Å². The van der Waals surface area contributed by atoms with Crippen LogP contribution in [0.5, 0.6) is 5.75 Å². The van der Waals surface area contributed by atoms with Crippen molar-refractivity contribution in [1.82, 2.24) is 4.90 Å². The van der Waals surface area contributed by atoms with Gasteiger partial charge in [0.25, 0.3) is 5.91 Å². The summed E-state index contributed by atoms with van der Waals surface area (Å²) in [5.74, 6) is 0.781. The number of hydrogen-bond donors (Lipinski definition) is 0. The zero-order valence-corrected chi connectivity index (χ0v) is 19.4. The van der Waals surface area contributed by atoms with Gasteiger partial charge >= 0.3 is 0 Å². The number of amides is 1. The first kappa shape index (κ1) is 22.4. The lowest BCUT2D eigenvalue weighted by Crippen LogP contribution is -2.47. The van der Waals surface area contributed by atoms with Gasteiger partial charge in [-0.15, -0.1) is 0 Å². The van der Waals surface area contributed by atoms with E-state index in [0.717, 1.165) is 60.1 Å². The molecule has 1 fully saturated rings. The van der Waals surface area contributed by atoms with E-state index in [0.29, 0.717) is 5.56 Å². The molecule has 0 spiro atoms. The average molecular weight is 449 g/mol. The first-order chi connectivity index (χ1) is 15.5. The molecule has 3 aromatic carbocycles. The van der Waals surface area contributed by atoms with E-state index in [4.69, 9.17) is 16.3 Å². The van der Waals surface area contributed by atoms with Gasteiger partial charge in [0.1, 0.15) is 5.75 Å². The Balaban J connectivity index is 1.54. The van der Waals surface area contributed by atoms with Crippen LogP contribution in [-0.4, -0.2) is 37.0 Å². The Kier molecular flexibility index (Phi) is 7.13. The van der Waals surface area contributed by atoms with Crippen molar-refractivity contribution in [2.24, 2.45) is 0 Å². The number of halogens is 1. The smallest absolute Gasteiger partial charge is 0.258 e. The molecular formula is C27H29ClN2O2. The molecule has 1 aliphatic rings. The molecule has 0 aromatic heterocycles. The maximum absolute atomic E-state index is 13.6. The number of hydrogen-bond acceptors (Lipinski definition) is 3. The number of ether oxygens (including phenoxy) is 1. The molecule has 0 radical (unpaired) electrons. The minimum Gasteiger partial charge on any atom is -0.497 e. The Morgan fingerprint density at radius 2 is 1.75 bits per heavy atom. The highest BCUT2D eigenvalue weighted by Crippen LogP contribution is 2.29. The molecule has 1 amide bonds. The van der Waals surface area contributed by atoms with Crippen LogP contribution in [0.4, 0.5) is 5.69 Å². The van der Waals surface area contributed by atoms with Crippen LogP contribution in [0.15, 0.2) is 72.8 Å². The molecule has 5 heteroatoms. The number of aryl methyl sites for hydroxylation is 1. The Hall–Kier alpha value is -2.82. The van der Waals surface area contributed by atoms with E-state index in [2.05, 4.69) is 11.0 Å². The third-order valence-electron chi connectivity index (χ3n) is 6.12. The van der Waals surface area contributed by atoms with E-state index in [1.807, 2.05) is 78.6 Å². The second-order valence-electron chi connectivity index (χ2n) is 8.34. The zero-order chi connectivity index (χ0) is 22.5. The number of piperidine rings is 1. The molecule has 4 nitrogen and oxygen atoms in total. The quantitative estimate of drug-likeness (QED) is 0.465. The first-order valence-corrected chi connectivity index (χ1v) is 11.4. The minimum atomic E-state index is 0.0304. The van der Waals surface area contributed by atoms with Crippen LogP contribution in [0, 0.1) is 6.92 Å². The van der Waals surface area contributed by atoms with Crippen LogP contribution in [0.2, 0.25) is 5.02 Å². The van der Waals surface area contributed by atoms with Crippen molar-refractivity contribution in [3.8, 4) is 5.75 Å². The van der Waals surface area contributed by atoms with E-state index < -0.39 is 0 Å². The van der Waals surface area contributed by atoms with Gasteiger partial charge in [-0.2, -0.15) is 0 Å². The molecular weight excluding hydrogens is 420 g/mol. The van der Waals surface area contributed by atoms with E-state index in [9.17, 15) is 4.79 Å². The van der Waals surface area contributed by atoms with Crippen LogP contribution in [0.25, 0.3) is 0 Å². The molecule has 0 N–H and O–H groups in total. The van der Waals surface area contributed by atoms with Gasteiger partial charge in [-0.1, -0.05) is 53.6 Å². The lowest BCUT2D eigenvalue weighted by atomic mass is 10.00. The van der Waals surface area contributed by atoms with Gasteiger partial charge in [0.15, 0.2) is 0 Å². The number of benzene rings is 3. The summed E-state index contributed by atoms with van der Waals surface area (Å²) < 4.78 is 5.43. The van der Waals surface area contributed by atoms with Gasteiger partial charge in [0.2, 0.25) is 0 Å². The van der Waals surface area contributed by atoms with Gasteiger partial charge < -0.3 is 9.64 Å². The number of carbonyl (C=O) groups excluding carboxylic acids is 1. The highest BCUT2D eigenvalue weighted by molar-refractivity contribution is 6.31. The molecule has 0 unspecified atom stereocenters. The van der Waals surface area contributed by atoms with E-state index in [-0.39, 0.29) is 11.9 Å². The van der Waals surface area contributed by atoms with Crippen molar-refractivity contribution in [2.75, 3.05) is 25.1 Å². The fourth-order valence-electron chi connectivity index (χ4n) is 4.29. The van der Waals surface area contributed by atoms with E-state index in [1.54, 1.807) is 7.11 Å². The number of likely N-dealkylation sites (tertiary alicyclic amines) is 1. The highest BCUT2D eigenvalue weighted by atomic mass is 35.5. The fourth-order valence-corrected chi connectivity index (χ4v) is 4.49. The van der Waals surface area contributed by atoms with Crippen molar-refractivity contribution < 1.29 is 9.53 Å². The van der Waals surface area contributed by atoms with Crippen LogP contribution in [0.3, 0.4) is 0 Å².